The minimum absolute atomic E-state index is 0.0984. The molecule has 6 nitrogen and oxygen atoms in total. The number of methoxy groups -OCH3 is 1. The van der Waals surface area contributed by atoms with E-state index in [0.29, 0.717) is 4.48 Å². The Hall–Kier alpha value is -1.89. The first kappa shape index (κ1) is 14.2. The van der Waals surface area contributed by atoms with Gasteiger partial charge in [-0.2, -0.15) is 0 Å². The van der Waals surface area contributed by atoms with E-state index in [4.69, 9.17) is 4.74 Å². The molecule has 0 fully saturated rings. The first-order chi connectivity index (χ1) is 8.47. The zero-order valence-electron chi connectivity index (χ0n) is 9.60. The highest BCUT2D eigenvalue weighted by Crippen LogP contribution is 2.27. The number of nitrogens with one attached hydrogen (secondary N) is 1. The third-order valence-electron chi connectivity index (χ3n) is 2.09. The normalized spacial score (nSPS) is 9.67. The Morgan fingerprint density at radius 2 is 2.28 bits per heavy atom. The molecule has 0 saturated carbocycles. The van der Waals surface area contributed by atoms with Crippen molar-refractivity contribution in [1.82, 2.24) is 5.32 Å². The van der Waals surface area contributed by atoms with Crippen molar-refractivity contribution in [1.29, 1.82) is 0 Å². The topological polar surface area (TPSA) is 81.5 Å². The quantitative estimate of drug-likeness (QED) is 0.667. The maximum absolute atomic E-state index is 11.9. The summed E-state index contributed by atoms with van der Waals surface area (Å²) in [7, 11) is 1.35. The molecule has 1 aromatic rings. The van der Waals surface area contributed by atoms with Crippen LogP contribution in [0, 0.1) is 10.1 Å². The molecule has 0 aromatic heterocycles. The van der Waals surface area contributed by atoms with Gasteiger partial charge in [0.2, 0.25) is 0 Å². The summed E-state index contributed by atoms with van der Waals surface area (Å²) in [5.41, 5.74) is -0.397. The summed E-state index contributed by atoms with van der Waals surface area (Å²) in [5, 5.41) is 13.4. The van der Waals surface area contributed by atoms with Gasteiger partial charge in [-0.25, -0.2) is 0 Å². The van der Waals surface area contributed by atoms with Crippen molar-refractivity contribution in [3.63, 3.8) is 0 Å². The van der Waals surface area contributed by atoms with Crippen molar-refractivity contribution < 1.29 is 14.5 Å². The van der Waals surface area contributed by atoms with Gasteiger partial charge in [-0.1, -0.05) is 28.6 Å². The number of nitro groups is 1. The van der Waals surface area contributed by atoms with Gasteiger partial charge in [-0.15, -0.1) is 0 Å². The van der Waals surface area contributed by atoms with Gasteiger partial charge in [-0.3, -0.25) is 14.9 Å². The Morgan fingerprint density at radius 1 is 1.61 bits per heavy atom. The van der Waals surface area contributed by atoms with Crippen molar-refractivity contribution in [3.8, 4) is 5.75 Å². The van der Waals surface area contributed by atoms with Crippen LogP contribution in [0.4, 0.5) is 5.69 Å². The lowest BCUT2D eigenvalue weighted by Gasteiger charge is -2.09. The van der Waals surface area contributed by atoms with Crippen LogP contribution >= 0.6 is 15.9 Å². The molecule has 0 aliphatic carbocycles. The van der Waals surface area contributed by atoms with Crippen LogP contribution in [-0.4, -0.2) is 24.5 Å². The van der Waals surface area contributed by atoms with Gasteiger partial charge in [0.25, 0.3) is 11.6 Å². The predicted molar refractivity (Wildman–Crippen MR) is 70.0 cm³/mol. The molecule has 0 atom stereocenters. The summed E-state index contributed by atoms with van der Waals surface area (Å²) in [5.74, 6) is -0.429. The van der Waals surface area contributed by atoms with Crippen LogP contribution in [0.3, 0.4) is 0 Å². The number of amides is 1. The van der Waals surface area contributed by atoms with E-state index in [1.165, 1.54) is 25.3 Å². The molecule has 0 aliphatic heterocycles. The van der Waals surface area contributed by atoms with Crippen molar-refractivity contribution in [2.45, 2.75) is 0 Å². The number of carbonyl (C=O) groups excluding carboxylic acids is 1. The van der Waals surface area contributed by atoms with Gasteiger partial charge in [0.05, 0.1) is 12.0 Å². The molecule has 1 N–H and O–H groups in total. The van der Waals surface area contributed by atoms with Crippen LogP contribution in [0.5, 0.6) is 5.75 Å². The Morgan fingerprint density at radius 3 is 2.78 bits per heavy atom. The molecule has 0 aliphatic rings. The van der Waals surface area contributed by atoms with E-state index < -0.39 is 10.8 Å². The molecule has 0 saturated heterocycles. The molecular weight excluding hydrogens is 304 g/mol. The summed E-state index contributed by atoms with van der Waals surface area (Å²) in [6.45, 7) is 3.73. The van der Waals surface area contributed by atoms with Crippen molar-refractivity contribution >= 4 is 27.5 Å². The van der Waals surface area contributed by atoms with Gasteiger partial charge in [-0.05, 0) is 6.07 Å². The number of nitrogens with zero attached hydrogens (tertiary/aromatic N) is 1. The maximum Gasteiger partial charge on any atom is 0.285 e. The largest absolute Gasteiger partial charge is 0.496 e. The molecule has 0 radical (unpaired) electrons. The van der Waals surface area contributed by atoms with Gasteiger partial charge in [0.1, 0.15) is 5.75 Å². The van der Waals surface area contributed by atoms with Crippen molar-refractivity contribution in [2.75, 3.05) is 13.7 Å². The van der Waals surface area contributed by atoms with E-state index in [1.54, 1.807) is 0 Å². The van der Waals surface area contributed by atoms with Crippen LogP contribution in [0.2, 0.25) is 0 Å². The highest BCUT2D eigenvalue weighted by Gasteiger charge is 2.24. The lowest BCUT2D eigenvalue weighted by molar-refractivity contribution is -0.385. The summed E-state index contributed by atoms with van der Waals surface area (Å²) in [4.78, 5) is 22.1. The van der Waals surface area contributed by atoms with E-state index in [-0.39, 0.29) is 23.5 Å². The molecular formula is C11H11BrN2O4. The minimum Gasteiger partial charge on any atom is -0.496 e. The highest BCUT2D eigenvalue weighted by atomic mass is 79.9. The van der Waals surface area contributed by atoms with Gasteiger partial charge < -0.3 is 10.1 Å². The van der Waals surface area contributed by atoms with E-state index in [0.717, 1.165) is 0 Å². The number of hydrogen-bond acceptors (Lipinski definition) is 4. The Kier molecular flexibility index (Phi) is 4.85. The molecule has 0 spiro atoms. The third-order valence-corrected chi connectivity index (χ3v) is 2.37. The molecule has 1 aromatic carbocycles. The van der Waals surface area contributed by atoms with Crippen LogP contribution in [0.15, 0.2) is 29.3 Å². The van der Waals surface area contributed by atoms with Crippen LogP contribution in [-0.2, 0) is 0 Å². The number of hydrogen-bond donors (Lipinski definition) is 1. The molecule has 0 bridgehead atoms. The average Bonchev–Trinajstić information content (AvgIpc) is 2.34. The lowest BCUT2D eigenvalue weighted by atomic mass is 10.1. The lowest BCUT2D eigenvalue weighted by Crippen LogP contribution is -2.25. The summed E-state index contributed by atoms with van der Waals surface area (Å²) < 4.78 is 5.53. The SMILES string of the molecule is C=C(Br)CNC(=O)c1c(OC)cccc1[N+](=O)[O-]. The molecule has 96 valence electrons. The van der Waals surface area contributed by atoms with Crippen LogP contribution < -0.4 is 10.1 Å². The standard InChI is InChI=1S/C11H11BrN2O4/c1-7(12)6-13-11(15)10-8(14(16)17)4-3-5-9(10)18-2/h3-5H,1,6H2,2H3,(H,13,15). The fourth-order valence-corrected chi connectivity index (χ4v) is 1.47. The molecule has 0 heterocycles. The van der Waals surface area contributed by atoms with Gasteiger partial charge >= 0.3 is 0 Å². The summed E-state index contributed by atoms with van der Waals surface area (Å²) >= 11 is 3.08. The zero-order valence-corrected chi connectivity index (χ0v) is 11.2. The van der Waals surface area contributed by atoms with Crippen LogP contribution in [0.1, 0.15) is 10.4 Å². The zero-order chi connectivity index (χ0) is 13.7. The molecule has 0 unspecified atom stereocenters. The average molecular weight is 315 g/mol. The Labute approximate surface area is 112 Å². The van der Waals surface area contributed by atoms with E-state index in [2.05, 4.69) is 27.8 Å². The fourth-order valence-electron chi connectivity index (χ4n) is 1.33. The number of ether oxygens (including phenoxy) is 1. The van der Waals surface area contributed by atoms with Crippen molar-refractivity contribution in [2.24, 2.45) is 0 Å². The smallest absolute Gasteiger partial charge is 0.285 e. The van der Waals surface area contributed by atoms with E-state index in [1.807, 2.05) is 0 Å². The third kappa shape index (κ3) is 3.30. The number of nitro benzene ring substituents is 1. The molecule has 1 amide bonds. The number of carbonyl (C=O) groups is 1. The van der Waals surface area contributed by atoms with Gasteiger partial charge in [0.15, 0.2) is 5.56 Å². The first-order valence-electron chi connectivity index (χ1n) is 4.90. The highest BCUT2D eigenvalue weighted by molar-refractivity contribution is 9.11. The second-order valence-corrected chi connectivity index (χ2v) is 4.43. The maximum atomic E-state index is 11.9. The molecule has 18 heavy (non-hydrogen) atoms. The summed E-state index contributed by atoms with van der Waals surface area (Å²) in [6, 6.07) is 4.20. The Bertz CT molecular complexity index is 502. The molecule has 1 rings (SSSR count). The second-order valence-electron chi connectivity index (χ2n) is 3.31. The number of rotatable bonds is 5. The van der Waals surface area contributed by atoms with Crippen LogP contribution in [0.25, 0.3) is 0 Å². The number of benzene rings is 1. The van der Waals surface area contributed by atoms with E-state index in [9.17, 15) is 14.9 Å². The van der Waals surface area contributed by atoms with E-state index >= 15 is 0 Å². The monoisotopic (exact) mass is 314 g/mol. The second kappa shape index (κ2) is 6.15. The summed E-state index contributed by atoms with van der Waals surface area (Å²) in [6.07, 6.45) is 0. The Balaban J connectivity index is 3.15. The number of halogens is 1. The van der Waals surface area contributed by atoms with Crippen molar-refractivity contribution in [3.05, 3.63) is 44.9 Å². The first-order valence-corrected chi connectivity index (χ1v) is 5.69. The fraction of sp³-hybridized carbons (Fsp3) is 0.182. The minimum atomic E-state index is -0.625. The predicted octanol–water partition coefficient (Wildman–Crippen LogP) is 2.24. The van der Waals surface area contributed by atoms with Gasteiger partial charge in [0, 0.05) is 17.1 Å². The molecule has 7 heteroatoms.